The summed E-state index contributed by atoms with van der Waals surface area (Å²) in [4.78, 5) is 75.8. The zero-order valence-corrected chi connectivity index (χ0v) is 27.2. The summed E-state index contributed by atoms with van der Waals surface area (Å²) >= 11 is 3.01. The predicted octanol–water partition coefficient (Wildman–Crippen LogP) is 0.607. The van der Waals surface area contributed by atoms with E-state index in [0.717, 1.165) is 0 Å². The molecule has 1 aromatic rings. The number of nitrogens with two attached hydrogens (primary N) is 1. The molecule has 0 unspecified atom stereocenters. The number of carbonyl (C=O) groups is 6. The minimum atomic E-state index is -1.62. The van der Waals surface area contributed by atoms with Gasteiger partial charge in [0.25, 0.3) is 0 Å². The molecule has 246 valence electrons. The SMILES string of the molecule is CSCC[C@H](NC(=O)[C@@H](N)CCSC)C(=O)N[C@@H](CC(C)C)C(=O)N[C@@H](CC(=O)O)C(=O)N[C@@H](Cc1ccccc1)C(=O)O. The van der Waals surface area contributed by atoms with E-state index in [4.69, 9.17) is 5.73 Å². The highest BCUT2D eigenvalue weighted by atomic mass is 32.2. The number of rotatable bonds is 21. The Hall–Kier alpha value is -3.30. The Morgan fingerprint density at radius 2 is 1.23 bits per heavy atom. The second-order valence-electron chi connectivity index (χ2n) is 10.7. The number of hydrogen-bond donors (Lipinski definition) is 7. The monoisotopic (exact) mass is 655 g/mol. The molecule has 0 spiro atoms. The number of amides is 4. The number of carboxylic acid groups (broad SMARTS) is 2. The largest absolute Gasteiger partial charge is 0.481 e. The van der Waals surface area contributed by atoms with Crippen molar-refractivity contribution in [1.29, 1.82) is 0 Å². The van der Waals surface area contributed by atoms with Crippen LogP contribution in [-0.4, -0.2) is 100 Å². The fourth-order valence-corrected chi connectivity index (χ4v) is 5.07. The number of thioether (sulfide) groups is 2. The lowest BCUT2D eigenvalue weighted by atomic mass is 10.0. The van der Waals surface area contributed by atoms with Crippen molar-refractivity contribution in [2.75, 3.05) is 24.0 Å². The average molecular weight is 656 g/mol. The molecule has 0 aromatic heterocycles. The van der Waals surface area contributed by atoms with Crippen molar-refractivity contribution >= 4 is 59.1 Å². The van der Waals surface area contributed by atoms with Crippen LogP contribution in [0.5, 0.6) is 0 Å². The number of aliphatic carboxylic acids is 2. The second kappa shape index (κ2) is 20.6. The molecule has 0 aliphatic rings. The third-order valence-corrected chi connectivity index (χ3v) is 7.75. The van der Waals surface area contributed by atoms with Gasteiger partial charge in [-0.15, -0.1) is 0 Å². The Kier molecular flexibility index (Phi) is 18.1. The Morgan fingerprint density at radius 1 is 0.727 bits per heavy atom. The van der Waals surface area contributed by atoms with Gasteiger partial charge in [-0.1, -0.05) is 44.2 Å². The molecular formula is C29H45N5O8S2. The van der Waals surface area contributed by atoms with E-state index in [0.29, 0.717) is 23.5 Å². The molecule has 4 amide bonds. The van der Waals surface area contributed by atoms with Gasteiger partial charge in [-0.25, -0.2) is 4.79 Å². The van der Waals surface area contributed by atoms with Crippen LogP contribution in [0.2, 0.25) is 0 Å². The van der Waals surface area contributed by atoms with Crippen molar-refractivity contribution in [2.24, 2.45) is 11.7 Å². The summed E-state index contributed by atoms with van der Waals surface area (Å²) < 4.78 is 0. The van der Waals surface area contributed by atoms with E-state index in [1.165, 1.54) is 23.5 Å². The lowest BCUT2D eigenvalue weighted by Crippen LogP contribution is -2.59. The van der Waals surface area contributed by atoms with Crippen LogP contribution in [0.3, 0.4) is 0 Å². The maximum absolute atomic E-state index is 13.4. The van der Waals surface area contributed by atoms with E-state index in [-0.39, 0.29) is 25.2 Å². The number of hydrogen-bond acceptors (Lipinski definition) is 9. The van der Waals surface area contributed by atoms with Crippen molar-refractivity contribution in [3.05, 3.63) is 35.9 Å². The maximum atomic E-state index is 13.4. The van der Waals surface area contributed by atoms with E-state index in [2.05, 4.69) is 21.3 Å². The average Bonchev–Trinajstić information content (AvgIpc) is 2.96. The third kappa shape index (κ3) is 14.9. The van der Waals surface area contributed by atoms with Crippen LogP contribution in [0.1, 0.15) is 45.1 Å². The molecule has 0 fully saturated rings. The molecule has 0 radical (unpaired) electrons. The molecule has 13 nitrogen and oxygen atoms in total. The highest BCUT2D eigenvalue weighted by Crippen LogP contribution is 2.10. The van der Waals surface area contributed by atoms with Gasteiger partial charge in [-0.3, -0.25) is 24.0 Å². The van der Waals surface area contributed by atoms with Crippen molar-refractivity contribution in [1.82, 2.24) is 21.3 Å². The zero-order chi connectivity index (χ0) is 33.2. The molecule has 0 saturated heterocycles. The molecule has 1 aromatic carbocycles. The topological polar surface area (TPSA) is 217 Å². The summed E-state index contributed by atoms with van der Waals surface area (Å²) in [5, 5.41) is 29.1. The van der Waals surface area contributed by atoms with Crippen LogP contribution in [0.25, 0.3) is 0 Å². The summed E-state index contributed by atoms with van der Waals surface area (Å²) in [5.41, 5.74) is 6.60. The van der Waals surface area contributed by atoms with E-state index in [1.807, 2.05) is 26.4 Å². The Bertz CT molecular complexity index is 1110. The van der Waals surface area contributed by atoms with Gasteiger partial charge >= 0.3 is 11.9 Å². The van der Waals surface area contributed by atoms with E-state index in [9.17, 15) is 39.0 Å². The smallest absolute Gasteiger partial charge is 0.326 e. The molecule has 0 saturated carbocycles. The molecule has 8 N–H and O–H groups in total. The first-order chi connectivity index (χ1) is 20.8. The van der Waals surface area contributed by atoms with Crippen LogP contribution in [0, 0.1) is 5.92 Å². The summed E-state index contributed by atoms with van der Waals surface area (Å²) in [6.45, 7) is 3.62. The molecular weight excluding hydrogens is 610 g/mol. The quantitative estimate of drug-likeness (QED) is 0.0973. The van der Waals surface area contributed by atoms with Crippen molar-refractivity contribution in [3.63, 3.8) is 0 Å². The molecule has 0 bridgehead atoms. The van der Waals surface area contributed by atoms with Crippen molar-refractivity contribution in [3.8, 4) is 0 Å². The normalized spacial score (nSPS) is 14.4. The number of benzene rings is 1. The lowest BCUT2D eigenvalue weighted by Gasteiger charge is -2.27. The molecule has 0 heterocycles. The maximum Gasteiger partial charge on any atom is 0.326 e. The van der Waals surface area contributed by atoms with Crippen LogP contribution >= 0.6 is 23.5 Å². The second-order valence-corrected chi connectivity index (χ2v) is 12.6. The van der Waals surface area contributed by atoms with Crippen LogP contribution in [0.15, 0.2) is 30.3 Å². The fraction of sp³-hybridized carbons (Fsp3) is 0.586. The first-order valence-corrected chi connectivity index (χ1v) is 17.0. The fourth-order valence-electron chi connectivity index (χ4n) is 4.11. The molecule has 44 heavy (non-hydrogen) atoms. The summed E-state index contributed by atoms with van der Waals surface area (Å²) in [6, 6.07) is 2.58. The van der Waals surface area contributed by atoms with E-state index in [1.54, 1.807) is 30.3 Å². The van der Waals surface area contributed by atoms with Crippen LogP contribution < -0.4 is 27.0 Å². The van der Waals surface area contributed by atoms with Crippen molar-refractivity contribution in [2.45, 2.75) is 76.2 Å². The standard InChI is InChI=1S/C29H45N5O8S2/c1-17(2)14-21(32-26(38)20(11-13-44-4)31-25(37)19(30)10-12-43-3)27(39)33-22(16-24(35)36)28(40)34-23(29(41)42)15-18-8-6-5-7-9-18/h5-9,17,19-23H,10-16,30H2,1-4H3,(H,31,37)(H,32,38)(H,33,39)(H,34,40)(H,35,36)(H,41,42)/t19-,20-,21-,22-,23-/m0/s1. The first kappa shape index (κ1) is 38.7. The molecule has 1 rings (SSSR count). The minimum absolute atomic E-state index is 0.0637. The van der Waals surface area contributed by atoms with Crippen molar-refractivity contribution < 1.29 is 39.0 Å². The van der Waals surface area contributed by atoms with Gasteiger partial charge in [0.15, 0.2) is 0 Å². The lowest BCUT2D eigenvalue weighted by molar-refractivity contribution is -0.143. The summed E-state index contributed by atoms with van der Waals surface area (Å²) in [6.07, 6.45) is 3.68. The van der Waals surface area contributed by atoms with Gasteiger partial charge in [0.2, 0.25) is 23.6 Å². The first-order valence-electron chi connectivity index (χ1n) is 14.2. The Balaban J connectivity index is 3.10. The Morgan fingerprint density at radius 3 is 1.77 bits per heavy atom. The van der Waals surface area contributed by atoms with Crippen LogP contribution in [0.4, 0.5) is 0 Å². The van der Waals surface area contributed by atoms with E-state index < -0.39 is 72.2 Å². The summed E-state index contributed by atoms with van der Waals surface area (Å²) in [5.74, 6) is -4.57. The highest BCUT2D eigenvalue weighted by molar-refractivity contribution is 7.98. The third-order valence-electron chi connectivity index (χ3n) is 6.46. The predicted molar refractivity (Wildman–Crippen MR) is 171 cm³/mol. The number of carbonyl (C=O) groups excluding carboxylic acids is 4. The highest BCUT2D eigenvalue weighted by Gasteiger charge is 2.33. The zero-order valence-electron chi connectivity index (χ0n) is 25.5. The van der Waals surface area contributed by atoms with Gasteiger partial charge < -0.3 is 37.2 Å². The minimum Gasteiger partial charge on any atom is -0.481 e. The van der Waals surface area contributed by atoms with Gasteiger partial charge in [0, 0.05) is 6.42 Å². The van der Waals surface area contributed by atoms with Gasteiger partial charge in [0.1, 0.15) is 24.2 Å². The van der Waals surface area contributed by atoms with Gasteiger partial charge in [0.05, 0.1) is 12.5 Å². The molecule has 0 aliphatic heterocycles. The summed E-state index contributed by atoms with van der Waals surface area (Å²) in [7, 11) is 0. The van der Waals surface area contributed by atoms with Crippen LogP contribution in [-0.2, 0) is 35.2 Å². The Labute approximate surface area is 266 Å². The van der Waals surface area contributed by atoms with Gasteiger partial charge in [-0.2, -0.15) is 23.5 Å². The number of carboxylic acids is 2. The number of nitrogens with one attached hydrogen (secondary N) is 4. The molecule has 5 atom stereocenters. The molecule has 0 aliphatic carbocycles. The van der Waals surface area contributed by atoms with Gasteiger partial charge in [-0.05, 0) is 54.8 Å². The molecule has 15 heteroatoms. The van der Waals surface area contributed by atoms with E-state index >= 15 is 0 Å².